The summed E-state index contributed by atoms with van der Waals surface area (Å²) in [6.07, 6.45) is 0. The molecule has 0 saturated carbocycles. The van der Waals surface area contributed by atoms with E-state index in [2.05, 4.69) is 35.9 Å². The molecule has 0 bridgehead atoms. The number of aryl methyl sites for hydroxylation is 2. The van der Waals surface area contributed by atoms with E-state index in [1.54, 1.807) is 6.07 Å². The Balaban J connectivity index is 1.62. The molecule has 0 aliphatic heterocycles. The summed E-state index contributed by atoms with van der Waals surface area (Å²) in [5.74, 6) is 1.25. The summed E-state index contributed by atoms with van der Waals surface area (Å²) in [5.41, 5.74) is 4.22. The van der Waals surface area contributed by atoms with Crippen LogP contribution in [0.15, 0.2) is 34.0 Å². The van der Waals surface area contributed by atoms with Crippen LogP contribution in [0.1, 0.15) is 17.1 Å². The number of aromatic nitrogens is 5. The van der Waals surface area contributed by atoms with Crippen molar-refractivity contribution in [3.63, 3.8) is 0 Å². The van der Waals surface area contributed by atoms with Crippen LogP contribution in [-0.2, 0) is 5.75 Å². The van der Waals surface area contributed by atoms with E-state index >= 15 is 0 Å². The Hall–Kier alpha value is -2.46. The molecule has 0 aliphatic carbocycles. The fourth-order valence-electron chi connectivity index (χ4n) is 2.76. The highest BCUT2D eigenvalue weighted by Gasteiger charge is 2.15. The van der Waals surface area contributed by atoms with Crippen LogP contribution < -0.4 is 0 Å². The quantitative estimate of drug-likeness (QED) is 0.294. The number of halogens is 1. The zero-order valence-electron chi connectivity index (χ0n) is 13.9. The minimum Gasteiger partial charge on any atom is -0.333 e. The van der Waals surface area contributed by atoms with E-state index in [4.69, 9.17) is 0 Å². The van der Waals surface area contributed by atoms with Gasteiger partial charge in [-0.1, -0.05) is 11.8 Å². The number of nitro groups is 1. The summed E-state index contributed by atoms with van der Waals surface area (Å²) in [5, 5.41) is 11.6. The number of benzene rings is 1. The van der Waals surface area contributed by atoms with Crippen molar-refractivity contribution in [3.8, 4) is 0 Å². The van der Waals surface area contributed by atoms with Gasteiger partial charge in [-0.15, -0.1) is 0 Å². The van der Waals surface area contributed by atoms with Gasteiger partial charge in [0.15, 0.2) is 5.16 Å². The molecule has 3 aromatic heterocycles. The zero-order chi connectivity index (χ0) is 18.4. The van der Waals surface area contributed by atoms with E-state index in [0.717, 1.165) is 21.7 Å². The molecule has 0 saturated heterocycles. The molecule has 0 fully saturated rings. The molecule has 1 N–H and O–H groups in total. The first-order valence-electron chi connectivity index (χ1n) is 7.70. The second kappa shape index (κ2) is 6.36. The van der Waals surface area contributed by atoms with Gasteiger partial charge in [-0.05, 0) is 41.9 Å². The third kappa shape index (κ3) is 2.95. The van der Waals surface area contributed by atoms with Crippen molar-refractivity contribution in [1.82, 2.24) is 24.3 Å². The first-order chi connectivity index (χ1) is 12.4. The van der Waals surface area contributed by atoms with Crippen LogP contribution in [0, 0.1) is 24.0 Å². The largest absolute Gasteiger partial charge is 0.333 e. The summed E-state index contributed by atoms with van der Waals surface area (Å²) in [6.45, 7) is 3.95. The highest BCUT2D eigenvalue weighted by molar-refractivity contribution is 9.10. The van der Waals surface area contributed by atoms with Gasteiger partial charge >= 0.3 is 0 Å². The Labute approximate surface area is 160 Å². The van der Waals surface area contributed by atoms with Gasteiger partial charge in [0.05, 0.1) is 21.7 Å². The topological polar surface area (TPSA) is 102 Å². The number of thioether (sulfide) groups is 1. The van der Waals surface area contributed by atoms with Gasteiger partial charge in [-0.3, -0.25) is 14.5 Å². The number of nitrogens with zero attached hydrogens (tertiary/aromatic N) is 5. The van der Waals surface area contributed by atoms with E-state index in [1.165, 1.54) is 23.9 Å². The molecule has 0 atom stereocenters. The number of nitro benzene ring substituents is 1. The monoisotopic (exact) mass is 432 g/mol. The lowest BCUT2D eigenvalue weighted by Crippen LogP contribution is -1.96. The first kappa shape index (κ1) is 17.0. The van der Waals surface area contributed by atoms with Crippen molar-refractivity contribution >= 4 is 50.2 Å². The second-order valence-corrected chi connectivity index (χ2v) is 7.53. The van der Waals surface area contributed by atoms with Crippen LogP contribution >= 0.6 is 27.7 Å². The predicted molar refractivity (Wildman–Crippen MR) is 102 cm³/mol. The molecular formula is C16H13BrN6O2S. The van der Waals surface area contributed by atoms with Crippen molar-refractivity contribution in [1.29, 1.82) is 0 Å². The Morgan fingerprint density at radius 2 is 2.08 bits per heavy atom. The minimum atomic E-state index is -0.418. The molecule has 3 heterocycles. The van der Waals surface area contributed by atoms with Crippen LogP contribution in [0.2, 0.25) is 0 Å². The highest BCUT2D eigenvalue weighted by Crippen LogP contribution is 2.28. The molecule has 4 aromatic rings. The average Bonchev–Trinajstić information content (AvgIpc) is 3.12. The van der Waals surface area contributed by atoms with Gasteiger partial charge in [0.2, 0.25) is 5.78 Å². The maximum Gasteiger partial charge on any atom is 0.271 e. The van der Waals surface area contributed by atoms with Gasteiger partial charge in [0, 0.05) is 29.3 Å². The van der Waals surface area contributed by atoms with Crippen molar-refractivity contribution in [3.05, 3.63) is 56.1 Å². The fraction of sp³-hybridized carbons (Fsp3) is 0.188. The summed E-state index contributed by atoms with van der Waals surface area (Å²) in [6, 6.07) is 6.59. The Morgan fingerprint density at radius 1 is 1.27 bits per heavy atom. The first-order valence-corrected chi connectivity index (χ1v) is 9.48. The number of aromatic amines is 1. The summed E-state index contributed by atoms with van der Waals surface area (Å²) >= 11 is 5.09. The van der Waals surface area contributed by atoms with Crippen LogP contribution in [0.25, 0.3) is 16.8 Å². The number of hydrogen-bond donors (Lipinski definition) is 1. The molecule has 0 aliphatic rings. The molecule has 26 heavy (non-hydrogen) atoms. The molecule has 132 valence electrons. The van der Waals surface area contributed by atoms with Crippen LogP contribution in [0.3, 0.4) is 0 Å². The van der Waals surface area contributed by atoms with Gasteiger partial charge in [0.25, 0.3) is 5.69 Å². The fourth-order valence-corrected chi connectivity index (χ4v) is 4.44. The van der Waals surface area contributed by atoms with Crippen molar-refractivity contribution in [2.24, 2.45) is 0 Å². The highest BCUT2D eigenvalue weighted by atomic mass is 79.9. The van der Waals surface area contributed by atoms with Crippen molar-refractivity contribution < 1.29 is 4.92 Å². The van der Waals surface area contributed by atoms with Crippen LogP contribution in [0.5, 0.6) is 0 Å². The standard InChI is InChI=1S/C16H13BrN6O2S/c1-8-5-9(2)22-14(17)13(19-15(22)18-8)7-26-16-20-11-4-3-10(23(24)25)6-12(11)21-16/h3-6H,7H2,1-2H3,(H,20,21). The molecule has 0 amide bonds. The smallest absolute Gasteiger partial charge is 0.271 e. The van der Waals surface area contributed by atoms with Gasteiger partial charge in [0.1, 0.15) is 4.60 Å². The summed E-state index contributed by atoms with van der Waals surface area (Å²) in [7, 11) is 0. The average molecular weight is 433 g/mol. The molecule has 0 unspecified atom stereocenters. The lowest BCUT2D eigenvalue weighted by Gasteiger charge is -2.01. The summed E-state index contributed by atoms with van der Waals surface area (Å²) in [4.78, 5) is 27.1. The molecule has 0 radical (unpaired) electrons. The molecule has 0 spiro atoms. The Bertz CT molecular complexity index is 1170. The predicted octanol–water partition coefficient (Wildman–Crippen LogP) is 4.19. The normalized spacial score (nSPS) is 11.5. The van der Waals surface area contributed by atoms with E-state index in [0.29, 0.717) is 27.7 Å². The molecule has 8 nitrogen and oxygen atoms in total. The maximum atomic E-state index is 10.9. The second-order valence-electron chi connectivity index (χ2n) is 5.81. The number of non-ortho nitro benzene ring substituents is 1. The third-order valence-corrected chi connectivity index (χ3v) is 5.61. The SMILES string of the molecule is Cc1cc(C)n2c(Br)c(CSc3nc4ccc([N+](=O)[O-])cc4[nH]3)nc2n1. The molecule has 4 rings (SSSR count). The van der Waals surface area contributed by atoms with Crippen LogP contribution in [-0.4, -0.2) is 29.3 Å². The lowest BCUT2D eigenvalue weighted by molar-refractivity contribution is -0.384. The van der Waals surface area contributed by atoms with Gasteiger partial charge in [-0.2, -0.15) is 0 Å². The number of H-pyrrole nitrogens is 1. The molecule has 1 aromatic carbocycles. The number of fused-ring (bicyclic) bond motifs is 2. The van der Waals surface area contributed by atoms with E-state index < -0.39 is 4.92 Å². The van der Waals surface area contributed by atoms with E-state index in [1.807, 2.05) is 24.3 Å². The zero-order valence-corrected chi connectivity index (χ0v) is 16.3. The van der Waals surface area contributed by atoms with Gasteiger partial charge in [-0.25, -0.2) is 15.0 Å². The minimum absolute atomic E-state index is 0.0396. The van der Waals surface area contributed by atoms with E-state index in [9.17, 15) is 10.1 Å². The maximum absolute atomic E-state index is 10.9. The van der Waals surface area contributed by atoms with Crippen molar-refractivity contribution in [2.75, 3.05) is 0 Å². The number of imidazole rings is 2. The van der Waals surface area contributed by atoms with E-state index in [-0.39, 0.29) is 5.69 Å². The molecular weight excluding hydrogens is 420 g/mol. The van der Waals surface area contributed by atoms with Crippen molar-refractivity contribution in [2.45, 2.75) is 24.8 Å². The van der Waals surface area contributed by atoms with Crippen LogP contribution in [0.4, 0.5) is 5.69 Å². The number of hydrogen-bond acceptors (Lipinski definition) is 6. The van der Waals surface area contributed by atoms with Gasteiger partial charge < -0.3 is 4.98 Å². The Morgan fingerprint density at radius 3 is 2.85 bits per heavy atom. The number of nitrogens with one attached hydrogen (secondary N) is 1. The molecule has 10 heteroatoms. The summed E-state index contributed by atoms with van der Waals surface area (Å²) < 4.78 is 2.84. The third-order valence-electron chi connectivity index (χ3n) is 3.92. The number of rotatable bonds is 4. The lowest BCUT2D eigenvalue weighted by atomic mass is 10.3. The Kier molecular flexibility index (Phi) is 4.16.